The lowest BCUT2D eigenvalue weighted by Crippen LogP contribution is -1.86. The predicted molar refractivity (Wildman–Crippen MR) is 90.8 cm³/mol. The number of thiazole rings is 1. The van der Waals surface area contributed by atoms with Crippen molar-refractivity contribution in [2.45, 2.75) is 6.92 Å². The summed E-state index contributed by atoms with van der Waals surface area (Å²) in [5, 5.41) is 0.971. The van der Waals surface area contributed by atoms with Crippen LogP contribution in [0.25, 0.3) is 32.7 Å². The molecule has 0 fully saturated rings. The number of fused-ring (bicyclic) bond motifs is 1. The van der Waals surface area contributed by atoms with Crippen molar-refractivity contribution in [1.29, 1.82) is 0 Å². The van der Waals surface area contributed by atoms with E-state index >= 15 is 0 Å². The van der Waals surface area contributed by atoms with Crippen molar-refractivity contribution in [3.8, 4) is 21.7 Å². The Kier molecular flexibility index (Phi) is 3.35. The van der Waals surface area contributed by atoms with Gasteiger partial charge in [-0.1, -0.05) is 6.07 Å². The zero-order chi connectivity index (χ0) is 15.8. The molecule has 5 heteroatoms. The molecule has 4 aromatic rings. The maximum absolute atomic E-state index is 13.2. The molecule has 0 bridgehead atoms. The Hall–Kier alpha value is -2.66. The van der Waals surface area contributed by atoms with Crippen molar-refractivity contribution < 1.29 is 4.39 Å². The van der Waals surface area contributed by atoms with Gasteiger partial charge in [0.15, 0.2) is 0 Å². The first-order valence-corrected chi connectivity index (χ1v) is 7.97. The van der Waals surface area contributed by atoms with Crippen LogP contribution in [0.2, 0.25) is 0 Å². The zero-order valence-corrected chi connectivity index (χ0v) is 13.1. The van der Waals surface area contributed by atoms with Gasteiger partial charge >= 0.3 is 0 Å². The SMILES string of the molecule is Cc1nc(-c2ccc(F)cc2)c(-c2ccc3nccnc3c2)s1. The van der Waals surface area contributed by atoms with E-state index in [4.69, 9.17) is 0 Å². The lowest BCUT2D eigenvalue weighted by atomic mass is 10.1. The minimum absolute atomic E-state index is 0.247. The summed E-state index contributed by atoms with van der Waals surface area (Å²) in [6, 6.07) is 12.4. The molecule has 0 atom stereocenters. The molecule has 3 nitrogen and oxygen atoms in total. The van der Waals surface area contributed by atoms with Gasteiger partial charge < -0.3 is 0 Å². The van der Waals surface area contributed by atoms with Crippen LogP contribution in [0.1, 0.15) is 5.01 Å². The first kappa shape index (κ1) is 14.0. The third-order valence-electron chi connectivity index (χ3n) is 3.58. The first-order chi connectivity index (χ1) is 11.2. The lowest BCUT2D eigenvalue weighted by molar-refractivity contribution is 0.628. The van der Waals surface area contributed by atoms with Crippen molar-refractivity contribution in [1.82, 2.24) is 15.0 Å². The van der Waals surface area contributed by atoms with Gasteiger partial charge in [-0.15, -0.1) is 11.3 Å². The largest absolute Gasteiger partial charge is 0.253 e. The summed E-state index contributed by atoms with van der Waals surface area (Å²) in [7, 11) is 0. The van der Waals surface area contributed by atoms with Gasteiger partial charge in [0.1, 0.15) is 5.82 Å². The van der Waals surface area contributed by atoms with E-state index in [0.29, 0.717) is 0 Å². The third kappa shape index (κ3) is 2.59. The van der Waals surface area contributed by atoms with Crippen LogP contribution < -0.4 is 0 Å². The highest BCUT2D eigenvalue weighted by atomic mass is 32.1. The molecule has 0 spiro atoms. The molecule has 112 valence electrons. The van der Waals surface area contributed by atoms with Gasteiger partial charge in [-0.25, -0.2) is 9.37 Å². The van der Waals surface area contributed by atoms with E-state index in [1.165, 1.54) is 12.1 Å². The van der Waals surface area contributed by atoms with E-state index in [1.54, 1.807) is 35.9 Å². The highest BCUT2D eigenvalue weighted by Crippen LogP contribution is 2.37. The van der Waals surface area contributed by atoms with Crippen LogP contribution >= 0.6 is 11.3 Å². The predicted octanol–water partition coefficient (Wildman–Crippen LogP) is 4.87. The molecule has 0 saturated heterocycles. The number of aromatic nitrogens is 3. The third-order valence-corrected chi connectivity index (χ3v) is 4.60. The number of nitrogens with zero attached hydrogens (tertiary/aromatic N) is 3. The maximum atomic E-state index is 13.2. The van der Waals surface area contributed by atoms with Crippen LogP contribution in [0.3, 0.4) is 0 Å². The Labute approximate surface area is 136 Å². The molecule has 2 aromatic heterocycles. The Morgan fingerprint density at radius 3 is 2.35 bits per heavy atom. The van der Waals surface area contributed by atoms with Crippen molar-refractivity contribution in [3.63, 3.8) is 0 Å². The van der Waals surface area contributed by atoms with Crippen molar-refractivity contribution in [2.75, 3.05) is 0 Å². The fraction of sp³-hybridized carbons (Fsp3) is 0.0556. The molecule has 0 amide bonds. The molecule has 0 N–H and O–H groups in total. The molecule has 0 radical (unpaired) electrons. The minimum atomic E-state index is -0.247. The molecule has 2 heterocycles. The number of aryl methyl sites for hydroxylation is 1. The van der Waals surface area contributed by atoms with E-state index in [2.05, 4.69) is 15.0 Å². The van der Waals surface area contributed by atoms with E-state index in [9.17, 15) is 4.39 Å². The summed E-state index contributed by atoms with van der Waals surface area (Å²) < 4.78 is 13.2. The van der Waals surface area contributed by atoms with E-state index in [1.807, 2.05) is 25.1 Å². The molecule has 0 aliphatic heterocycles. The fourth-order valence-electron chi connectivity index (χ4n) is 2.53. The summed E-state index contributed by atoms with van der Waals surface area (Å²) in [4.78, 5) is 14.3. The van der Waals surface area contributed by atoms with Crippen LogP contribution in [0, 0.1) is 12.7 Å². The standard InChI is InChI=1S/C18H12FN3S/c1-11-22-17(12-2-5-14(19)6-3-12)18(23-11)13-4-7-15-16(10-13)21-9-8-20-15/h2-10H,1H3. The number of hydrogen-bond acceptors (Lipinski definition) is 4. The molecular formula is C18H12FN3S. The van der Waals surface area contributed by atoms with Gasteiger partial charge in [0, 0.05) is 18.0 Å². The Bertz CT molecular complexity index is 993. The number of benzene rings is 2. The van der Waals surface area contributed by atoms with Crippen molar-refractivity contribution in [3.05, 3.63) is 65.7 Å². The average molecular weight is 321 g/mol. The van der Waals surface area contributed by atoms with Crippen LogP contribution in [0.4, 0.5) is 4.39 Å². The molecule has 0 unspecified atom stereocenters. The average Bonchev–Trinajstić information content (AvgIpc) is 2.97. The summed E-state index contributed by atoms with van der Waals surface area (Å²) in [6.07, 6.45) is 3.37. The van der Waals surface area contributed by atoms with Crippen molar-refractivity contribution >= 4 is 22.4 Å². The van der Waals surface area contributed by atoms with Gasteiger partial charge in [0.25, 0.3) is 0 Å². The highest BCUT2D eigenvalue weighted by molar-refractivity contribution is 7.15. The van der Waals surface area contributed by atoms with Gasteiger partial charge in [-0.05, 0) is 48.9 Å². The van der Waals surface area contributed by atoms with Crippen LogP contribution in [0.5, 0.6) is 0 Å². The van der Waals surface area contributed by atoms with Crippen LogP contribution in [0.15, 0.2) is 54.9 Å². The Balaban J connectivity index is 1.89. The zero-order valence-electron chi connectivity index (χ0n) is 12.3. The monoisotopic (exact) mass is 321 g/mol. The molecule has 0 aliphatic carbocycles. The van der Waals surface area contributed by atoms with Gasteiger partial charge in [0.05, 0.1) is 26.6 Å². The van der Waals surface area contributed by atoms with Crippen LogP contribution in [-0.4, -0.2) is 15.0 Å². The second kappa shape index (κ2) is 5.52. The number of halogens is 1. The van der Waals surface area contributed by atoms with Crippen molar-refractivity contribution in [2.24, 2.45) is 0 Å². The molecular weight excluding hydrogens is 309 g/mol. The lowest BCUT2D eigenvalue weighted by Gasteiger charge is -2.04. The molecule has 0 aliphatic rings. The summed E-state index contributed by atoms with van der Waals surface area (Å²) in [6.45, 7) is 1.97. The summed E-state index contributed by atoms with van der Waals surface area (Å²) >= 11 is 1.62. The molecule has 2 aromatic carbocycles. The quantitative estimate of drug-likeness (QED) is 0.529. The second-order valence-electron chi connectivity index (χ2n) is 5.18. The number of rotatable bonds is 2. The van der Waals surface area contributed by atoms with E-state index in [0.717, 1.165) is 37.7 Å². The van der Waals surface area contributed by atoms with E-state index < -0.39 is 0 Å². The van der Waals surface area contributed by atoms with E-state index in [-0.39, 0.29) is 5.82 Å². The normalized spacial score (nSPS) is 11.0. The molecule has 4 rings (SSSR count). The van der Waals surface area contributed by atoms with Gasteiger partial charge in [-0.2, -0.15) is 0 Å². The summed E-state index contributed by atoms with van der Waals surface area (Å²) in [5.74, 6) is -0.247. The van der Waals surface area contributed by atoms with Gasteiger partial charge in [0.2, 0.25) is 0 Å². The molecule has 0 saturated carbocycles. The smallest absolute Gasteiger partial charge is 0.123 e. The maximum Gasteiger partial charge on any atom is 0.123 e. The second-order valence-corrected chi connectivity index (χ2v) is 6.38. The fourth-order valence-corrected chi connectivity index (χ4v) is 3.47. The van der Waals surface area contributed by atoms with Crippen LogP contribution in [-0.2, 0) is 0 Å². The minimum Gasteiger partial charge on any atom is -0.253 e. The van der Waals surface area contributed by atoms with Gasteiger partial charge in [-0.3, -0.25) is 9.97 Å². The summed E-state index contributed by atoms with van der Waals surface area (Å²) in [5.41, 5.74) is 4.53. The Morgan fingerprint density at radius 2 is 1.57 bits per heavy atom. The topological polar surface area (TPSA) is 38.7 Å². The first-order valence-electron chi connectivity index (χ1n) is 7.15. The molecule has 23 heavy (non-hydrogen) atoms. The highest BCUT2D eigenvalue weighted by Gasteiger charge is 2.14. The number of hydrogen-bond donors (Lipinski definition) is 0. The Morgan fingerprint density at radius 1 is 0.870 bits per heavy atom.